The fraction of sp³-hybridized carbons (Fsp3) is 0.300. The van der Waals surface area contributed by atoms with Crippen molar-refractivity contribution in [1.29, 1.82) is 0 Å². The van der Waals surface area contributed by atoms with Gasteiger partial charge in [-0.05, 0) is 56.4 Å². The van der Waals surface area contributed by atoms with E-state index in [1.165, 1.54) is 6.66 Å². The van der Waals surface area contributed by atoms with Gasteiger partial charge in [0, 0.05) is 102 Å². The third-order valence-corrected chi connectivity index (χ3v) is 6.58. The number of rotatable bonds is 3. The van der Waals surface area contributed by atoms with Crippen molar-refractivity contribution in [3.63, 3.8) is 0 Å². The maximum absolute atomic E-state index is 16.7. The van der Waals surface area contributed by atoms with Gasteiger partial charge in [0.1, 0.15) is 28.1 Å². The van der Waals surface area contributed by atoms with Gasteiger partial charge in [0.05, 0.1) is 0 Å². The molecule has 3 aromatic rings. The zero-order valence-corrected chi connectivity index (χ0v) is 21.5. The molecule has 0 radical (unpaired) electrons. The predicted molar refractivity (Wildman–Crippen MR) is 151 cm³/mol. The number of carbonyl (C=O) groups excluding carboxylic acids is 1. The van der Waals surface area contributed by atoms with E-state index in [0.717, 1.165) is 36.4 Å². The summed E-state index contributed by atoms with van der Waals surface area (Å²) in [5.41, 5.74) is -4.34. The number of hydrogen-bond donors (Lipinski definition) is 2. The van der Waals surface area contributed by atoms with Gasteiger partial charge in [0.15, 0.2) is 11.6 Å². The number of benzene rings is 3. The number of fused-ring (bicyclic) bond motifs is 2. The Morgan fingerprint density at radius 1 is 0.878 bits per heavy atom. The largest absolute Gasteiger partial charge is 0.481 e. The Labute approximate surface area is 258 Å². The van der Waals surface area contributed by atoms with Gasteiger partial charge < -0.3 is 24.7 Å². The quantitative estimate of drug-likeness (QED) is 0.232. The Morgan fingerprint density at radius 2 is 1.39 bits per heavy atom. The van der Waals surface area contributed by atoms with E-state index in [0.29, 0.717) is 0 Å². The Bertz CT molecular complexity index is 2290. The van der Waals surface area contributed by atoms with Gasteiger partial charge >= 0.3 is 0 Å². The van der Waals surface area contributed by atoms with Gasteiger partial charge in [-0.3, -0.25) is 4.79 Å². The van der Waals surface area contributed by atoms with Crippen LogP contribution in [-0.2, 0) is 0 Å². The summed E-state index contributed by atoms with van der Waals surface area (Å²) in [6.07, 6.45) is -14.1. The fourth-order valence-corrected chi connectivity index (χ4v) is 4.78. The highest BCUT2D eigenvalue weighted by atomic mass is 31.1. The summed E-state index contributed by atoms with van der Waals surface area (Å²) in [7, 11) is -0.0805. The lowest BCUT2D eigenvalue weighted by molar-refractivity contribution is 0.0995. The minimum Gasteiger partial charge on any atom is -0.481 e. The molecule has 6 rings (SSSR count). The first-order valence-electron chi connectivity index (χ1n) is 19.6. The third-order valence-electron chi connectivity index (χ3n) is 6.20. The summed E-state index contributed by atoms with van der Waals surface area (Å²) in [4.78, 5) is 13.1. The van der Waals surface area contributed by atoms with Gasteiger partial charge in [-0.2, -0.15) is 4.74 Å². The van der Waals surface area contributed by atoms with Gasteiger partial charge in [-0.25, -0.2) is 13.2 Å². The van der Waals surface area contributed by atoms with E-state index >= 15 is 13.2 Å². The second-order valence-electron chi connectivity index (χ2n) is 8.45. The maximum atomic E-state index is 16.7. The van der Waals surface area contributed by atoms with Gasteiger partial charge in [-0.1, -0.05) is 0 Å². The van der Waals surface area contributed by atoms with Crippen molar-refractivity contribution in [2.24, 2.45) is 4.74 Å². The molecule has 3 heterocycles. The van der Waals surface area contributed by atoms with Crippen molar-refractivity contribution in [1.82, 2.24) is 0 Å². The molecule has 0 aromatic heterocycles. The Morgan fingerprint density at radius 3 is 1.85 bits per heavy atom. The van der Waals surface area contributed by atoms with Crippen molar-refractivity contribution >= 4 is 37.2 Å². The highest BCUT2D eigenvalue weighted by Crippen LogP contribution is 2.45. The topological polar surface area (TPSA) is 85.6 Å². The monoisotopic (exact) mass is 597 g/mol. The number of anilines is 2. The van der Waals surface area contributed by atoms with E-state index in [2.05, 4.69) is 4.74 Å². The minimum absolute atomic E-state index is 0.0805. The molecule has 1 amide bonds. The maximum Gasteiger partial charge on any atom is 0.286 e. The summed E-state index contributed by atoms with van der Waals surface area (Å²) < 4.78 is 190. The SMILES string of the molecule is [2H]C1([2H])N(c2ccc3c(c2)Oc2cc(N4C([2H])([2H])C([2H])([2H])C([2H])([2H])C4([2H])[2H])ccc2C3=c2c(F)c(C(=O)N=PC)c(F)c(F)c2=C(O)O)C([2H])([2H])C([2H])([2H])C1([2H])[2H]. The van der Waals surface area contributed by atoms with E-state index in [4.69, 9.17) is 26.7 Å². The summed E-state index contributed by atoms with van der Waals surface area (Å²) in [6, 6.07) is 5.24. The predicted octanol–water partition coefficient (Wildman–Crippen LogP) is 5.74. The van der Waals surface area contributed by atoms with Crippen LogP contribution in [0.15, 0.2) is 41.1 Å². The van der Waals surface area contributed by atoms with E-state index in [1.807, 2.05) is 0 Å². The van der Waals surface area contributed by atoms with E-state index in [9.17, 15) is 15.0 Å². The second kappa shape index (κ2) is 10.7. The van der Waals surface area contributed by atoms with E-state index < -0.39 is 136 Å². The van der Waals surface area contributed by atoms with Crippen LogP contribution in [0.3, 0.4) is 0 Å². The lowest BCUT2D eigenvalue weighted by Crippen LogP contribution is -2.40. The third kappa shape index (κ3) is 4.60. The molecule has 3 aliphatic heterocycles. The zero-order valence-electron chi connectivity index (χ0n) is 36.6. The molecule has 2 N–H and O–H groups in total. The standard InChI is InChI=1S/C30H27F3N3O4P/c1-41-34-29(37)25-26(31)23(24(30(38)39)27(32)28(25)33)22-18-8-6-16(35-10-2-3-11-35)14-20(18)40-21-15-17(7-9-19(21)22)36-12-4-5-13-36/h6-9,14-15,38-39H,2-5,10-13H2,1H3/i2D2,3D2,4D2,5D2,10D2,11D2,12D2,13D2. The lowest BCUT2D eigenvalue weighted by atomic mass is 9.89. The normalized spacial score (nSPS) is 31.9. The van der Waals surface area contributed by atoms with Crippen LogP contribution in [0.5, 0.6) is 11.5 Å². The Balaban J connectivity index is 1.76. The van der Waals surface area contributed by atoms with E-state index in [1.54, 1.807) is 0 Å². The lowest BCUT2D eigenvalue weighted by Gasteiger charge is -2.28. The highest BCUT2D eigenvalue weighted by molar-refractivity contribution is 7.26. The Kier molecular flexibility index (Phi) is 3.73. The highest BCUT2D eigenvalue weighted by Gasteiger charge is 2.31. The molecule has 0 aliphatic carbocycles. The molecular formula is C30H27F3N3O4P. The van der Waals surface area contributed by atoms with Crippen LogP contribution in [0, 0.1) is 17.5 Å². The molecule has 0 spiro atoms. The van der Waals surface area contributed by atoms with Crippen LogP contribution in [0.1, 0.15) is 68.9 Å². The molecule has 7 nitrogen and oxygen atoms in total. The first kappa shape index (κ1) is 14.2. The first-order chi connectivity index (χ1) is 25.8. The molecule has 3 aromatic carbocycles. The van der Waals surface area contributed by atoms with Crippen molar-refractivity contribution in [2.45, 2.75) is 25.5 Å². The van der Waals surface area contributed by atoms with Crippen molar-refractivity contribution < 1.29 is 54.8 Å². The average Bonchev–Trinajstić information content (AvgIpc) is 3.20. The van der Waals surface area contributed by atoms with Crippen LogP contribution >= 0.6 is 8.37 Å². The molecule has 0 bridgehead atoms. The smallest absolute Gasteiger partial charge is 0.286 e. The van der Waals surface area contributed by atoms with Crippen LogP contribution in [0.25, 0.3) is 11.5 Å². The van der Waals surface area contributed by atoms with Crippen molar-refractivity contribution in [3.8, 4) is 11.5 Å². The number of nitrogens with zero attached hydrogens (tertiary/aromatic N) is 3. The van der Waals surface area contributed by atoms with Crippen LogP contribution < -0.4 is 25.0 Å². The molecule has 2 saturated heterocycles. The van der Waals surface area contributed by atoms with Crippen molar-refractivity contribution in [2.75, 3.05) is 42.5 Å². The number of ether oxygens (including phenoxy) is 1. The van der Waals surface area contributed by atoms with Gasteiger partial charge in [0.2, 0.25) is 0 Å². The number of aliphatic hydroxyl groups excluding tert-OH is 1. The summed E-state index contributed by atoms with van der Waals surface area (Å²) in [6.45, 7) is -12.5. The molecule has 41 heavy (non-hydrogen) atoms. The number of halogens is 3. The van der Waals surface area contributed by atoms with Crippen LogP contribution in [0.4, 0.5) is 24.5 Å². The average molecular weight is 598 g/mol. The van der Waals surface area contributed by atoms with Crippen molar-refractivity contribution in [3.05, 3.63) is 81.0 Å². The molecular weight excluding hydrogens is 554 g/mol. The number of aliphatic hydroxyl groups is 2. The summed E-state index contributed by atoms with van der Waals surface area (Å²) >= 11 is 0. The Hall–Kier alpha value is -4.04. The first-order valence-corrected chi connectivity index (χ1v) is 12.9. The number of hydrogen-bond acceptors (Lipinski definition) is 6. The fourth-order valence-electron chi connectivity index (χ4n) is 4.50. The second-order valence-corrected chi connectivity index (χ2v) is 9.05. The summed E-state index contributed by atoms with van der Waals surface area (Å²) in [5.74, 6) is -11.1. The molecule has 212 valence electrons. The van der Waals surface area contributed by atoms with Crippen LogP contribution in [-0.4, -0.2) is 48.8 Å². The van der Waals surface area contributed by atoms with Gasteiger partial charge in [0.25, 0.3) is 11.9 Å². The molecule has 0 saturated carbocycles. The number of carbonyl (C=O) groups is 1. The minimum atomic E-state index is -3.52. The van der Waals surface area contributed by atoms with E-state index in [-0.39, 0.29) is 18.2 Å². The zero-order chi connectivity index (χ0) is 43.2. The molecule has 0 atom stereocenters. The molecule has 0 unspecified atom stereocenters. The van der Waals surface area contributed by atoms with Crippen LogP contribution in [0.2, 0.25) is 0 Å². The summed E-state index contributed by atoms with van der Waals surface area (Å²) in [5, 5.41) is 17.7. The number of amides is 1. The van der Waals surface area contributed by atoms with Gasteiger partial charge in [-0.15, -0.1) is 0 Å². The molecule has 2 fully saturated rings. The molecule has 3 aliphatic rings. The molecule has 11 heteroatoms.